The van der Waals surface area contributed by atoms with Gasteiger partial charge in [-0.15, -0.1) is 0 Å². The highest BCUT2D eigenvalue weighted by atomic mass is 19.4. The highest BCUT2D eigenvalue weighted by Gasteiger charge is 2.50. The smallest absolute Gasteiger partial charge is 0.375 e. The maximum atomic E-state index is 13.6. The van der Waals surface area contributed by atoms with Crippen LogP contribution in [0.5, 0.6) is 0 Å². The van der Waals surface area contributed by atoms with Crippen molar-refractivity contribution < 1.29 is 31.1 Å². The summed E-state index contributed by atoms with van der Waals surface area (Å²) in [6.07, 6.45) is -9.62. The van der Waals surface area contributed by atoms with Gasteiger partial charge in [0, 0.05) is 12.0 Å². The minimum atomic E-state index is -4.86. The van der Waals surface area contributed by atoms with Crippen molar-refractivity contribution in [2.24, 2.45) is 0 Å². The Kier molecular flexibility index (Phi) is 6.77. The maximum Gasteiger partial charge on any atom is 0.417 e. The van der Waals surface area contributed by atoms with Crippen molar-refractivity contribution in [2.45, 2.75) is 43.4 Å². The summed E-state index contributed by atoms with van der Waals surface area (Å²) in [4.78, 5) is 0. The number of rotatable bonds is 5. The van der Waals surface area contributed by atoms with E-state index in [1.165, 1.54) is 6.07 Å². The molecule has 0 bridgehead atoms. The lowest BCUT2D eigenvalue weighted by Crippen LogP contribution is -2.44. The lowest BCUT2D eigenvalue weighted by atomic mass is 9.88. The fraction of sp³-hybridized carbons (Fsp3) is 0.364. The van der Waals surface area contributed by atoms with Crippen LogP contribution in [0.15, 0.2) is 42.5 Å². The largest absolute Gasteiger partial charge is 0.417 e. The summed E-state index contributed by atoms with van der Waals surface area (Å²) in [6, 6.07) is 9.80. The summed E-state index contributed by atoms with van der Waals surface area (Å²) in [5.74, 6) is -1.26. The van der Waals surface area contributed by atoms with Crippen molar-refractivity contribution in [1.29, 1.82) is 10.5 Å². The standard InChI is InChI=1S/C22H17F6N3O/c23-21(24,25)19-7-15(5-6-16(19)10-30)18-8-17(31-20(18)22(26,27)28)12-32-11-14-3-1-13(9-29)2-4-14/h1-7,17-18,20,31H,8,11-12H2. The Labute approximate surface area is 180 Å². The van der Waals surface area contributed by atoms with E-state index in [9.17, 15) is 26.3 Å². The first-order valence-electron chi connectivity index (χ1n) is 9.53. The van der Waals surface area contributed by atoms with Crippen LogP contribution in [-0.4, -0.2) is 24.9 Å². The van der Waals surface area contributed by atoms with Gasteiger partial charge in [-0.25, -0.2) is 0 Å². The van der Waals surface area contributed by atoms with E-state index in [4.69, 9.17) is 15.3 Å². The molecular weight excluding hydrogens is 436 g/mol. The lowest BCUT2D eigenvalue weighted by molar-refractivity contribution is -0.156. The fourth-order valence-electron chi connectivity index (χ4n) is 3.77. The molecule has 0 amide bonds. The van der Waals surface area contributed by atoms with Crippen LogP contribution in [0.25, 0.3) is 0 Å². The van der Waals surface area contributed by atoms with Gasteiger partial charge in [-0.05, 0) is 41.8 Å². The van der Waals surface area contributed by atoms with E-state index >= 15 is 0 Å². The van der Waals surface area contributed by atoms with Crippen LogP contribution < -0.4 is 5.32 Å². The molecule has 1 N–H and O–H groups in total. The molecule has 1 saturated heterocycles. The Hall–Kier alpha value is -3.08. The van der Waals surface area contributed by atoms with Crippen molar-refractivity contribution >= 4 is 0 Å². The van der Waals surface area contributed by atoms with Gasteiger partial charge >= 0.3 is 12.4 Å². The SMILES string of the molecule is N#Cc1ccc(COCC2CC(c3ccc(C#N)c(C(F)(F)F)c3)C(C(F)(F)F)N2)cc1. The van der Waals surface area contributed by atoms with Gasteiger partial charge in [0.05, 0.1) is 42.0 Å². The normalized spacial score (nSPS) is 21.2. The first-order chi connectivity index (χ1) is 15.0. The predicted octanol–water partition coefficient (Wildman–Crippen LogP) is 5.04. The second kappa shape index (κ2) is 9.19. The van der Waals surface area contributed by atoms with Gasteiger partial charge in [0.1, 0.15) is 6.04 Å². The molecule has 1 fully saturated rings. The highest BCUT2D eigenvalue weighted by molar-refractivity contribution is 5.43. The van der Waals surface area contributed by atoms with Crippen molar-refractivity contribution in [1.82, 2.24) is 5.32 Å². The van der Waals surface area contributed by atoms with Crippen molar-refractivity contribution in [3.63, 3.8) is 0 Å². The molecule has 10 heteroatoms. The Balaban J connectivity index is 1.74. The number of hydrogen-bond acceptors (Lipinski definition) is 4. The van der Waals surface area contributed by atoms with Crippen LogP contribution in [0.1, 0.15) is 40.2 Å². The van der Waals surface area contributed by atoms with Gasteiger partial charge in [-0.2, -0.15) is 36.9 Å². The van der Waals surface area contributed by atoms with E-state index < -0.39 is 41.5 Å². The summed E-state index contributed by atoms with van der Waals surface area (Å²) < 4.78 is 86.1. The third-order valence-electron chi connectivity index (χ3n) is 5.28. The van der Waals surface area contributed by atoms with Crippen LogP contribution in [0.4, 0.5) is 26.3 Å². The molecule has 0 aromatic heterocycles. The molecule has 0 radical (unpaired) electrons. The number of alkyl halides is 6. The number of hydrogen-bond donors (Lipinski definition) is 1. The third-order valence-corrected chi connectivity index (χ3v) is 5.28. The van der Waals surface area contributed by atoms with Gasteiger partial charge < -0.3 is 10.1 Å². The molecule has 2 aromatic rings. The summed E-state index contributed by atoms with van der Waals surface area (Å²) in [6.45, 7) is 0.0335. The summed E-state index contributed by atoms with van der Waals surface area (Å²) in [5, 5.41) is 20.1. The summed E-state index contributed by atoms with van der Waals surface area (Å²) in [7, 11) is 0. The molecular formula is C22H17F6N3O. The van der Waals surface area contributed by atoms with E-state index in [2.05, 4.69) is 5.32 Å². The van der Waals surface area contributed by atoms with Gasteiger partial charge in [-0.1, -0.05) is 18.2 Å². The Morgan fingerprint density at radius 3 is 2.22 bits per heavy atom. The van der Waals surface area contributed by atoms with Gasteiger partial charge in [0.25, 0.3) is 0 Å². The van der Waals surface area contributed by atoms with Crippen LogP contribution in [0, 0.1) is 22.7 Å². The number of nitrogens with zero attached hydrogens (tertiary/aromatic N) is 2. The second-order valence-electron chi connectivity index (χ2n) is 7.46. The van der Waals surface area contributed by atoms with E-state index in [0.29, 0.717) is 11.6 Å². The zero-order valence-electron chi connectivity index (χ0n) is 16.5. The monoisotopic (exact) mass is 453 g/mol. The number of nitrogens with one attached hydrogen (secondary N) is 1. The van der Waals surface area contributed by atoms with Crippen molar-refractivity contribution in [2.75, 3.05) is 6.61 Å². The molecule has 3 unspecified atom stereocenters. The van der Waals surface area contributed by atoms with Crippen LogP contribution in [0.2, 0.25) is 0 Å². The van der Waals surface area contributed by atoms with Crippen LogP contribution in [0.3, 0.4) is 0 Å². The van der Waals surface area contributed by atoms with Crippen molar-refractivity contribution in [3.05, 3.63) is 70.3 Å². The quantitative estimate of drug-likeness (QED) is 0.644. The van der Waals surface area contributed by atoms with Gasteiger partial charge in [-0.3, -0.25) is 0 Å². The second-order valence-corrected chi connectivity index (χ2v) is 7.46. The molecule has 3 atom stereocenters. The summed E-state index contributed by atoms with van der Waals surface area (Å²) in [5.41, 5.74) is -0.840. The molecule has 1 aliphatic rings. The Morgan fingerprint density at radius 1 is 0.969 bits per heavy atom. The third kappa shape index (κ3) is 5.39. The first kappa shape index (κ1) is 23.6. The lowest BCUT2D eigenvalue weighted by Gasteiger charge is -2.23. The van der Waals surface area contributed by atoms with E-state index in [0.717, 1.165) is 17.7 Å². The molecule has 3 rings (SSSR count). The molecule has 0 saturated carbocycles. The Morgan fingerprint density at radius 2 is 1.66 bits per heavy atom. The predicted molar refractivity (Wildman–Crippen MR) is 101 cm³/mol. The van der Waals surface area contributed by atoms with Gasteiger partial charge in [0.15, 0.2) is 0 Å². The van der Waals surface area contributed by atoms with E-state index in [1.54, 1.807) is 24.3 Å². The number of benzene rings is 2. The maximum absolute atomic E-state index is 13.6. The summed E-state index contributed by atoms with van der Waals surface area (Å²) >= 11 is 0. The minimum absolute atomic E-state index is 0.0779. The Bertz CT molecular complexity index is 1030. The van der Waals surface area contributed by atoms with Gasteiger partial charge in [0.2, 0.25) is 0 Å². The van der Waals surface area contributed by atoms with Crippen LogP contribution >= 0.6 is 0 Å². The molecule has 1 heterocycles. The minimum Gasteiger partial charge on any atom is -0.375 e. The topological polar surface area (TPSA) is 68.8 Å². The van der Waals surface area contributed by atoms with Crippen molar-refractivity contribution in [3.8, 4) is 12.1 Å². The molecule has 168 valence electrons. The fourth-order valence-corrected chi connectivity index (χ4v) is 3.77. The number of halogens is 6. The first-order valence-corrected chi connectivity index (χ1v) is 9.53. The molecule has 0 aliphatic carbocycles. The highest BCUT2D eigenvalue weighted by Crippen LogP contribution is 2.42. The number of nitriles is 2. The van der Waals surface area contributed by atoms with E-state index in [1.807, 2.05) is 6.07 Å². The average molecular weight is 453 g/mol. The van der Waals surface area contributed by atoms with E-state index in [-0.39, 0.29) is 25.2 Å². The zero-order chi connectivity index (χ0) is 23.5. The van der Waals surface area contributed by atoms with Crippen LogP contribution in [-0.2, 0) is 17.5 Å². The molecule has 4 nitrogen and oxygen atoms in total. The molecule has 0 spiro atoms. The average Bonchev–Trinajstić information content (AvgIpc) is 3.18. The molecule has 32 heavy (non-hydrogen) atoms. The molecule has 2 aromatic carbocycles. The zero-order valence-corrected chi connectivity index (χ0v) is 16.5. The number of ether oxygens (including phenoxy) is 1. The molecule has 1 aliphatic heterocycles.